The summed E-state index contributed by atoms with van der Waals surface area (Å²) >= 11 is 0. The summed E-state index contributed by atoms with van der Waals surface area (Å²) in [7, 11) is 1.61. The van der Waals surface area contributed by atoms with Crippen LogP contribution < -0.4 is 5.32 Å². The van der Waals surface area contributed by atoms with Gasteiger partial charge in [-0.15, -0.1) is 0 Å². The highest BCUT2D eigenvalue weighted by molar-refractivity contribution is 5.95. The van der Waals surface area contributed by atoms with Crippen LogP contribution in [0.3, 0.4) is 0 Å². The molecule has 2 N–H and O–H groups in total. The minimum absolute atomic E-state index is 0.111. The summed E-state index contributed by atoms with van der Waals surface area (Å²) in [5.74, 6) is -0.121. The highest BCUT2D eigenvalue weighted by Crippen LogP contribution is 2.20. The third-order valence-corrected chi connectivity index (χ3v) is 3.72. The van der Waals surface area contributed by atoms with Crippen LogP contribution in [0.2, 0.25) is 0 Å². The first-order valence-electron chi connectivity index (χ1n) is 7.79. The van der Waals surface area contributed by atoms with Crippen LogP contribution in [0.4, 0.5) is 0 Å². The van der Waals surface area contributed by atoms with Gasteiger partial charge in [-0.1, -0.05) is 48.5 Å². The average molecular weight is 313 g/mol. The number of amides is 1. The molecular weight excluding hydrogens is 290 g/mol. The fourth-order valence-corrected chi connectivity index (χ4v) is 2.56. The zero-order valence-corrected chi connectivity index (χ0v) is 13.4. The molecule has 0 fully saturated rings. The first kappa shape index (κ1) is 17.2. The zero-order chi connectivity index (χ0) is 16.5. The van der Waals surface area contributed by atoms with Gasteiger partial charge < -0.3 is 15.2 Å². The third kappa shape index (κ3) is 4.91. The first-order chi connectivity index (χ1) is 11.3. The molecule has 2 rings (SSSR count). The number of aliphatic hydroxyl groups excluding tert-OH is 1. The van der Waals surface area contributed by atoms with E-state index in [4.69, 9.17) is 9.84 Å². The molecule has 122 valence electrons. The van der Waals surface area contributed by atoms with Gasteiger partial charge in [-0.2, -0.15) is 0 Å². The van der Waals surface area contributed by atoms with Crippen molar-refractivity contribution < 1.29 is 14.6 Å². The van der Waals surface area contributed by atoms with E-state index >= 15 is 0 Å². The summed E-state index contributed by atoms with van der Waals surface area (Å²) in [6, 6.07) is 17.1. The summed E-state index contributed by atoms with van der Waals surface area (Å²) in [4.78, 5) is 12.7. The number of hydrogen-bond acceptors (Lipinski definition) is 3. The van der Waals surface area contributed by atoms with Crippen LogP contribution in [0.25, 0.3) is 0 Å². The van der Waals surface area contributed by atoms with Crippen molar-refractivity contribution in [2.45, 2.75) is 25.5 Å². The number of hydrogen-bond donors (Lipinski definition) is 2. The highest BCUT2D eigenvalue weighted by Gasteiger charge is 2.17. The lowest BCUT2D eigenvalue weighted by Crippen LogP contribution is -2.29. The van der Waals surface area contributed by atoms with Crippen molar-refractivity contribution in [2.24, 2.45) is 0 Å². The van der Waals surface area contributed by atoms with Crippen molar-refractivity contribution in [1.29, 1.82) is 0 Å². The Morgan fingerprint density at radius 1 is 1.13 bits per heavy atom. The van der Waals surface area contributed by atoms with Crippen molar-refractivity contribution in [3.05, 3.63) is 71.3 Å². The Balaban J connectivity index is 2.17. The van der Waals surface area contributed by atoms with Gasteiger partial charge in [0.15, 0.2) is 0 Å². The molecule has 0 aliphatic rings. The van der Waals surface area contributed by atoms with Gasteiger partial charge in [-0.3, -0.25) is 4.79 Å². The molecule has 2 aromatic carbocycles. The van der Waals surface area contributed by atoms with Crippen molar-refractivity contribution in [3.8, 4) is 0 Å². The second kappa shape index (κ2) is 9.08. The normalized spacial score (nSPS) is 11.9. The summed E-state index contributed by atoms with van der Waals surface area (Å²) in [6.07, 6.45) is 1.33. The fraction of sp³-hybridized carbons (Fsp3) is 0.316. The molecule has 1 atom stereocenters. The monoisotopic (exact) mass is 313 g/mol. The molecule has 0 saturated heterocycles. The standard InChI is InChI=1S/C19H23NO3/c1-23-14-16-10-5-6-11-17(16)19(22)20-18(12-7-13-21)15-8-3-2-4-9-15/h2-6,8-11,18,21H,7,12-14H2,1H3,(H,20,22). The van der Waals surface area contributed by atoms with Gasteiger partial charge in [-0.25, -0.2) is 0 Å². The molecule has 23 heavy (non-hydrogen) atoms. The predicted molar refractivity (Wildman–Crippen MR) is 90.1 cm³/mol. The molecule has 4 heteroatoms. The van der Waals surface area contributed by atoms with E-state index in [1.807, 2.05) is 48.5 Å². The molecule has 0 spiro atoms. The van der Waals surface area contributed by atoms with E-state index in [0.29, 0.717) is 25.0 Å². The second-order valence-corrected chi connectivity index (χ2v) is 5.39. The Morgan fingerprint density at radius 2 is 1.83 bits per heavy atom. The maximum absolute atomic E-state index is 12.7. The Morgan fingerprint density at radius 3 is 2.52 bits per heavy atom. The molecule has 0 heterocycles. The first-order valence-corrected chi connectivity index (χ1v) is 7.79. The number of aliphatic hydroxyl groups is 1. The number of carbonyl (C=O) groups is 1. The van der Waals surface area contributed by atoms with E-state index in [1.54, 1.807) is 13.2 Å². The summed E-state index contributed by atoms with van der Waals surface area (Å²) in [5.41, 5.74) is 2.53. The molecule has 1 unspecified atom stereocenters. The van der Waals surface area contributed by atoms with Crippen LogP contribution in [0, 0.1) is 0 Å². The van der Waals surface area contributed by atoms with Gasteiger partial charge in [-0.05, 0) is 30.0 Å². The Labute approximate surface area is 137 Å². The van der Waals surface area contributed by atoms with Gasteiger partial charge in [0.05, 0.1) is 12.6 Å². The molecule has 0 radical (unpaired) electrons. The molecule has 2 aromatic rings. The average Bonchev–Trinajstić information content (AvgIpc) is 2.60. The molecule has 0 aromatic heterocycles. The van der Waals surface area contributed by atoms with Crippen molar-refractivity contribution in [1.82, 2.24) is 5.32 Å². The Hall–Kier alpha value is -2.17. The highest BCUT2D eigenvalue weighted by atomic mass is 16.5. The largest absolute Gasteiger partial charge is 0.396 e. The van der Waals surface area contributed by atoms with E-state index in [9.17, 15) is 4.79 Å². The summed E-state index contributed by atoms with van der Waals surface area (Å²) in [6.45, 7) is 0.510. The number of rotatable bonds is 8. The molecular formula is C19H23NO3. The van der Waals surface area contributed by atoms with Crippen LogP contribution in [0.1, 0.15) is 40.4 Å². The van der Waals surface area contributed by atoms with Gasteiger partial charge in [0.2, 0.25) is 0 Å². The molecule has 1 amide bonds. The SMILES string of the molecule is COCc1ccccc1C(=O)NC(CCCO)c1ccccc1. The van der Waals surface area contributed by atoms with E-state index in [2.05, 4.69) is 5.32 Å². The zero-order valence-electron chi connectivity index (χ0n) is 13.4. The summed E-state index contributed by atoms with van der Waals surface area (Å²) in [5, 5.41) is 12.2. The maximum Gasteiger partial charge on any atom is 0.252 e. The third-order valence-electron chi connectivity index (χ3n) is 3.72. The quantitative estimate of drug-likeness (QED) is 0.787. The second-order valence-electron chi connectivity index (χ2n) is 5.39. The Bertz CT molecular complexity index is 613. The number of ether oxygens (including phenoxy) is 1. The van der Waals surface area contributed by atoms with Gasteiger partial charge >= 0.3 is 0 Å². The van der Waals surface area contributed by atoms with Crippen molar-refractivity contribution >= 4 is 5.91 Å². The van der Waals surface area contributed by atoms with E-state index < -0.39 is 0 Å². The number of methoxy groups -OCH3 is 1. The minimum atomic E-state index is -0.121. The van der Waals surface area contributed by atoms with Gasteiger partial charge in [0, 0.05) is 19.3 Å². The molecule has 0 aliphatic carbocycles. The van der Waals surface area contributed by atoms with Crippen LogP contribution in [-0.2, 0) is 11.3 Å². The maximum atomic E-state index is 12.7. The molecule has 0 bridgehead atoms. The number of benzene rings is 2. The van der Waals surface area contributed by atoms with Crippen LogP contribution in [0.5, 0.6) is 0 Å². The van der Waals surface area contributed by atoms with Gasteiger partial charge in [0.25, 0.3) is 5.91 Å². The minimum Gasteiger partial charge on any atom is -0.396 e. The lowest BCUT2D eigenvalue weighted by Gasteiger charge is -2.20. The van der Waals surface area contributed by atoms with Gasteiger partial charge in [0.1, 0.15) is 0 Å². The van der Waals surface area contributed by atoms with Crippen LogP contribution in [0.15, 0.2) is 54.6 Å². The van der Waals surface area contributed by atoms with E-state index in [-0.39, 0.29) is 18.6 Å². The smallest absolute Gasteiger partial charge is 0.252 e. The predicted octanol–water partition coefficient (Wildman–Crippen LogP) is 3.08. The van der Waals surface area contributed by atoms with E-state index in [1.165, 1.54) is 0 Å². The summed E-state index contributed by atoms with van der Waals surface area (Å²) < 4.78 is 5.16. The molecule has 0 saturated carbocycles. The van der Waals surface area contributed by atoms with E-state index in [0.717, 1.165) is 11.1 Å². The lowest BCUT2D eigenvalue weighted by molar-refractivity contribution is 0.0927. The van der Waals surface area contributed by atoms with Crippen molar-refractivity contribution in [2.75, 3.05) is 13.7 Å². The van der Waals surface area contributed by atoms with Crippen molar-refractivity contribution in [3.63, 3.8) is 0 Å². The molecule has 4 nitrogen and oxygen atoms in total. The van der Waals surface area contributed by atoms with Crippen LogP contribution in [-0.4, -0.2) is 24.7 Å². The topological polar surface area (TPSA) is 58.6 Å². The fourth-order valence-electron chi connectivity index (χ4n) is 2.56. The lowest BCUT2D eigenvalue weighted by atomic mass is 10.0. The Kier molecular flexibility index (Phi) is 6.78. The molecule has 0 aliphatic heterocycles. The number of nitrogens with one attached hydrogen (secondary N) is 1. The van der Waals surface area contributed by atoms with Crippen LogP contribution >= 0.6 is 0 Å². The number of carbonyl (C=O) groups excluding carboxylic acids is 1.